The van der Waals surface area contributed by atoms with Crippen molar-refractivity contribution < 1.29 is 0 Å². The molecule has 0 spiro atoms. The van der Waals surface area contributed by atoms with Crippen molar-refractivity contribution >= 4 is 0 Å². The summed E-state index contributed by atoms with van der Waals surface area (Å²) >= 11 is 0. The maximum Gasteiger partial charge on any atom is 0.0702 e. The van der Waals surface area contributed by atoms with Gasteiger partial charge < -0.3 is 0 Å². The highest BCUT2D eigenvalue weighted by Crippen LogP contribution is 2.61. The number of pyridine rings is 1. The predicted molar refractivity (Wildman–Crippen MR) is 89.5 cm³/mol. The minimum absolute atomic E-state index is 0.149. The van der Waals surface area contributed by atoms with Gasteiger partial charge in [-0.1, -0.05) is 59.7 Å². The van der Waals surface area contributed by atoms with Crippen LogP contribution in [0.2, 0.25) is 0 Å². The number of hydrogen-bond donors (Lipinski definition) is 0. The van der Waals surface area contributed by atoms with Crippen molar-refractivity contribution in [1.82, 2.24) is 4.98 Å². The van der Waals surface area contributed by atoms with Crippen LogP contribution in [0.1, 0.15) is 52.7 Å². The molecule has 1 heterocycles. The Hall–Kier alpha value is -1.63. The summed E-state index contributed by atoms with van der Waals surface area (Å²) in [6.07, 6.45) is 1.86. The fourth-order valence-corrected chi connectivity index (χ4v) is 3.75. The minimum atomic E-state index is 0.149. The van der Waals surface area contributed by atoms with Crippen LogP contribution in [0.15, 0.2) is 42.6 Å². The lowest BCUT2D eigenvalue weighted by molar-refractivity contribution is 0.125. The summed E-state index contributed by atoms with van der Waals surface area (Å²) < 4.78 is 0. The van der Waals surface area contributed by atoms with Gasteiger partial charge in [-0.2, -0.15) is 0 Å². The number of benzene rings is 1. The molecule has 0 aliphatic heterocycles. The molecule has 0 fully saturated rings. The molecule has 0 saturated heterocycles. The summed E-state index contributed by atoms with van der Waals surface area (Å²) in [7, 11) is 0. The monoisotopic (exact) mass is 279 g/mol. The minimum Gasteiger partial charge on any atom is -0.256 e. The standard InChI is InChI=1S/C20H25N/c1-18(2)15-11-10-14(17-9-7-8-12-21-17)13-16(15)19(3,4)20(18,5)6/h7-13H,1-6H3. The first-order valence-corrected chi connectivity index (χ1v) is 7.76. The Balaban J connectivity index is 2.22. The fourth-order valence-electron chi connectivity index (χ4n) is 3.75. The molecule has 1 aromatic carbocycles. The maximum atomic E-state index is 4.49. The second-order valence-electron chi connectivity index (χ2n) is 7.85. The van der Waals surface area contributed by atoms with Crippen molar-refractivity contribution in [2.24, 2.45) is 5.41 Å². The van der Waals surface area contributed by atoms with Crippen molar-refractivity contribution in [1.29, 1.82) is 0 Å². The molecule has 1 heteroatoms. The van der Waals surface area contributed by atoms with Crippen LogP contribution in [0.4, 0.5) is 0 Å². The molecule has 21 heavy (non-hydrogen) atoms. The first kappa shape index (κ1) is 14.3. The average Bonchev–Trinajstić information content (AvgIpc) is 2.56. The lowest BCUT2D eigenvalue weighted by Crippen LogP contribution is -2.42. The zero-order valence-corrected chi connectivity index (χ0v) is 14.0. The molecular weight excluding hydrogens is 254 g/mol. The summed E-state index contributed by atoms with van der Waals surface area (Å²) in [6.45, 7) is 14.3. The molecule has 0 bridgehead atoms. The van der Waals surface area contributed by atoms with E-state index in [-0.39, 0.29) is 16.2 Å². The summed E-state index contributed by atoms with van der Waals surface area (Å²) in [4.78, 5) is 4.49. The smallest absolute Gasteiger partial charge is 0.0702 e. The van der Waals surface area contributed by atoms with Crippen LogP contribution < -0.4 is 0 Å². The van der Waals surface area contributed by atoms with Crippen molar-refractivity contribution in [2.75, 3.05) is 0 Å². The molecule has 2 aromatic rings. The zero-order valence-electron chi connectivity index (χ0n) is 14.0. The van der Waals surface area contributed by atoms with Gasteiger partial charge in [0.15, 0.2) is 0 Å². The quantitative estimate of drug-likeness (QED) is 0.686. The first-order chi connectivity index (χ1) is 9.69. The normalized spacial score (nSPS) is 21.0. The highest BCUT2D eigenvalue weighted by Gasteiger charge is 2.56. The molecule has 1 aliphatic carbocycles. The number of aromatic nitrogens is 1. The summed E-state index contributed by atoms with van der Waals surface area (Å²) in [5, 5.41) is 0. The van der Waals surface area contributed by atoms with E-state index < -0.39 is 0 Å². The van der Waals surface area contributed by atoms with Gasteiger partial charge >= 0.3 is 0 Å². The molecule has 0 unspecified atom stereocenters. The van der Waals surface area contributed by atoms with E-state index in [1.54, 1.807) is 0 Å². The summed E-state index contributed by atoms with van der Waals surface area (Å²) in [5.74, 6) is 0. The zero-order chi connectivity index (χ0) is 15.5. The number of hydrogen-bond acceptors (Lipinski definition) is 1. The van der Waals surface area contributed by atoms with Crippen LogP contribution in [0, 0.1) is 5.41 Å². The molecule has 0 saturated carbocycles. The first-order valence-electron chi connectivity index (χ1n) is 7.76. The van der Waals surface area contributed by atoms with Crippen LogP contribution >= 0.6 is 0 Å². The van der Waals surface area contributed by atoms with Gasteiger partial charge in [0.25, 0.3) is 0 Å². The van der Waals surface area contributed by atoms with Crippen molar-refractivity contribution in [3.63, 3.8) is 0 Å². The molecule has 1 nitrogen and oxygen atoms in total. The van der Waals surface area contributed by atoms with E-state index >= 15 is 0 Å². The topological polar surface area (TPSA) is 12.9 Å². The third-order valence-electron chi connectivity index (χ3n) is 6.45. The highest BCUT2D eigenvalue weighted by atomic mass is 14.7. The molecule has 110 valence electrons. The molecular formula is C20H25N. The van der Waals surface area contributed by atoms with Crippen molar-refractivity contribution in [2.45, 2.75) is 52.4 Å². The predicted octanol–water partition coefficient (Wildman–Crippen LogP) is 5.34. The van der Waals surface area contributed by atoms with Gasteiger partial charge in [-0.05, 0) is 45.6 Å². The Bertz CT molecular complexity index is 678. The van der Waals surface area contributed by atoms with E-state index in [1.807, 2.05) is 12.3 Å². The Morgan fingerprint density at radius 2 is 1.43 bits per heavy atom. The molecule has 0 radical (unpaired) electrons. The van der Waals surface area contributed by atoms with Gasteiger partial charge in [-0.25, -0.2) is 0 Å². The van der Waals surface area contributed by atoms with Crippen molar-refractivity contribution in [3.05, 3.63) is 53.7 Å². The maximum absolute atomic E-state index is 4.49. The Labute approximate surface area is 128 Å². The largest absolute Gasteiger partial charge is 0.256 e. The Morgan fingerprint density at radius 3 is 2.05 bits per heavy atom. The van der Waals surface area contributed by atoms with E-state index in [0.717, 1.165) is 5.69 Å². The van der Waals surface area contributed by atoms with Crippen LogP contribution in [0.3, 0.4) is 0 Å². The van der Waals surface area contributed by atoms with Crippen LogP contribution in [-0.2, 0) is 10.8 Å². The molecule has 1 aromatic heterocycles. The molecule has 0 amide bonds. The number of fused-ring (bicyclic) bond motifs is 1. The Morgan fingerprint density at radius 1 is 0.762 bits per heavy atom. The second-order valence-corrected chi connectivity index (χ2v) is 7.85. The highest BCUT2D eigenvalue weighted by molar-refractivity contribution is 5.64. The van der Waals surface area contributed by atoms with Crippen LogP contribution in [-0.4, -0.2) is 4.98 Å². The molecule has 0 N–H and O–H groups in total. The van der Waals surface area contributed by atoms with E-state index in [2.05, 4.69) is 76.9 Å². The third kappa shape index (κ3) is 1.73. The van der Waals surface area contributed by atoms with E-state index in [4.69, 9.17) is 0 Å². The third-order valence-corrected chi connectivity index (χ3v) is 6.45. The summed E-state index contributed by atoms with van der Waals surface area (Å²) in [6, 6.07) is 13.0. The van der Waals surface area contributed by atoms with Gasteiger partial charge in [-0.15, -0.1) is 0 Å². The van der Waals surface area contributed by atoms with Gasteiger partial charge in [0.1, 0.15) is 0 Å². The van der Waals surface area contributed by atoms with Crippen LogP contribution in [0.25, 0.3) is 11.3 Å². The van der Waals surface area contributed by atoms with Gasteiger partial charge in [0, 0.05) is 11.8 Å². The average molecular weight is 279 g/mol. The number of nitrogens with zero attached hydrogens (tertiary/aromatic N) is 1. The summed E-state index contributed by atoms with van der Waals surface area (Å²) in [5.41, 5.74) is 5.77. The lowest BCUT2D eigenvalue weighted by Gasteiger charge is -2.44. The molecule has 0 atom stereocenters. The SMILES string of the molecule is CC1(C)c2ccc(-c3ccccn3)cc2C(C)(C)C1(C)C. The number of rotatable bonds is 1. The molecule has 3 rings (SSSR count). The van der Waals surface area contributed by atoms with Gasteiger partial charge in [-0.3, -0.25) is 4.98 Å². The van der Waals surface area contributed by atoms with E-state index in [9.17, 15) is 0 Å². The van der Waals surface area contributed by atoms with Crippen LogP contribution in [0.5, 0.6) is 0 Å². The van der Waals surface area contributed by atoms with Crippen molar-refractivity contribution in [3.8, 4) is 11.3 Å². The second kappa shape index (κ2) is 4.19. The van der Waals surface area contributed by atoms with E-state index in [0.29, 0.717) is 0 Å². The van der Waals surface area contributed by atoms with Gasteiger partial charge in [0.05, 0.1) is 5.69 Å². The Kier molecular flexibility index (Phi) is 2.86. The lowest BCUT2D eigenvalue weighted by atomic mass is 9.59. The molecule has 1 aliphatic rings. The van der Waals surface area contributed by atoms with Gasteiger partial charge in [0.2, 0.25) is 0 Å². The fraction of sp³-hybridized carbons (Fsp3) is 0.450. The van der Waals surface area contributed by atoms with E-state index in [1.165, 1.54) is 16.7 Å².